The van der Waals surface area contributed by atoms with E-state index in [4.69, 9.17) is 9.15 Å². The second-order valence-electron chi connectivity index (χ2n) is 3.74. The number of rotatable bonds is 8. The normalized spacial score (nSPS) is 12.5. The van der Waals surface area contributed by atoms with Crippen molar-refractivity contribution in [2.24, 2.45) is 0 Å². The van der Waals surface area contributed by atoms with Crippen molar-refractivity contribution in [1.29, 1.82) is 0 Å². The van der Waals surface area contributed by atoms with Crippen LogP contribution in [0.5, 0.6) is 5.88 Å². The van der Waals surface area contributed by atoms with Gasteiger partial charge >= 0.3 is 0 Å². The molecule has 2 N–H and O–H groups in total. The summed E-state index contributed by atoms with van der Waals surface area (Å²) in [5, 5.41) is 12.8. The van der Waals surface area contributed by atoms with Gasteiger partial charge in [-0.25, -0.2) is 0 Å². The molecule has 0 aliphatic carbocycles. The highest BCUT2D eigenvalue weighted by Crippen LogP contribution is 2.05. The fraction of sp³-hybridized carbons (Fsp3) is 0.455. The Hall–Kier alpha value is -1.44. The van der Waals surface area contributed by atoms with Crippen LogP contribution in [0.4, 0.5) is 0 Å². The molecule has 0 saturated heterocycles. The SMILES string of the molecule is OC(CNCCc1ccco1)COc1cnsn1. The molecular formula is C11H15N3O3S. The number of aliphatic hydroxyl groups excluding tert-OH is 1. The molecule has 0 aliphatic rings. The molecule has 7 heteroatoms. The maximum atomic E-state index is 9.65. The lowest BCUT2D eigenvalue weighted by Gasteiger charge is -2.11. The second-order valence-corrected chi connectivity index (χ2v) is 4.30. The van der Waals surface area contributed by atoms with Gasteiger partial charge in [0.25, 0.3) is 0 Å². The van der Waals surface area contributed by atoms with E-state index in [1.807, 2.05) is 12.1 Å². The Balaban J connectivity index is 1.53. The first-order chi connectivity index (χ1) is 8.84. The van der Waals surface area contributed by atoms with Crippen LogP contribution in [-0.2, 0) is 6.42 Å². The van der Waals surface area contributed by atoms with Crippen molar-refractivity contribution < 1.29 is 14.3 Å². The summed E-state index contributed by atoms with van der Waals surface area (Å²) in [5.74, 6) is 1.39. The molecule has 2 aromatic rings. The highest BCUT2D eigenvalue weighted by Gasteiger charge is 2.06. The van der Waals surface area contributed by atoms with Crippen molar-refractivity contribution in [2.75, 3.05) is 19.7 Å². The number of hydrogen-bond donors (Lipinski definition) is 2. The number of aromatic nitrogens is 2. The zero-order valence-corrected chi connectivity index (χ0v) is 10.6. The summed E-state index contributed by atoms with van der Waals surface area (Å²) in [6.45, 7) is 1.43. The van der Waals surface area contributed by atoms with E-state index < -0.39 is 6.10 Å². The van der Waals surface area contributed by atoms with Gasteiger partial charge in [0, 0.05) is 19.5 Å². The van der Waals surface area contributed by atoms with Crippen LogP contribution in [0.1, 0.15) is 5.76 Å². The van der Waals surface area contributed by atoms with Gasteiger partial charge in [-0.15, -0.1) is 4.37 Å². The molecule has 0 amide bonds. The molecule has 1 atom stereocenters. The number of furan rings is 1. The minimum atomic E-state index is -0.566. The number of aliphatic hydroxyl groups is 1. The van der Waals surface area contributed by atoms with E-state index in [9.17, 15) is 5.11 Å². The first-order valence-corrected chi connectivity index (χ1v) is 6.39. The number of nitrogens with one attached hydrogen (secondary N) is 1. The van der Waals surface area contributed by atoms with Crippen LogP contribution in [0.3, 0.4) is 0 Å². The standard InChI is InChI=1S/C11H15N3O3S/c15-9(8-17-11-7-13-18-14-11)6-12-4-3-10-2-1-5-16-10/h1-2,5,7,9,12,15H,3-4,6,8H2. The fourth-order valence-corrected chi connectivity index (χ4v) is 1.76. The van der Waals surface area contributed by atoms with Crippen LogP contribution < -0.4 is 10.1 Å². The summed E-state index contributed by atoms with van der Waals surface area (Å²) in [5.41, 5.74) is 0. The van der Waals surface area contributed by atoms with Crippen molar-refractivity contribution in [3.8, 4) is 5.88 Å². The minimum Gasteiger partial charge on any atom is -0.473 e. The lowest BCUT2D eigenvalue weighted by molar-refractivity contribution is 0.104. The topological polar surface area (TPSA) is 80.4 Å². The van der Waals surface area contributed by atoms with Gasteiger partial charge in [-0.05, 0) is 12.1 Å². The van der Waals surface area contributed by atoms with Gasteiger partial charge in [-0.3, -0.25) is 0 Å². The van der Waals surface area contributed by atoms with Crippen molar-refractivity contribution in [3.63, 3.8) is 0 Å². The van der Waals surface area contributed by atoms with E-state index in [0.29, 0.717) is 12.4 Å². The van der Waals surface area contributed by atoms with Crippen molar-refractivity contribution in [3.05, 3.63) is 30.4 Å². The van der Waals surface area contributed by atoms with Crippen molar-refractivity contribution >= 4 is 11.7 Å². The quantitative estimate of drug-likeness (QED) is 0.687. The largest absolute Gasteiger partial charge is 0.473 e. The Kier molecular flexibility index (Phi) is 5.13. The van der Waals surface area contributed by atoms with Gasteiger partial charge in [-0.2, -0.15) is 4.37 Å². The minimum absolute atomic E-state index is 0.208. The highest BCUT2D eigenvalue weighted by atomic mass is 32.1. The fourth-order valence-electron chi connectivity index (χ4n) is 1.40. The van der Waals surface area contributed by atoms with Gasteiger partial charge in [0.1, 0.15) is 24.7 Å². The Morgan fingerprint density at radius 1 is 1.56 bits per heavy atom. The molecule has 6 nitrogen and oxygen atoms in total. The van der Waals surface area contributed by atoms with Crippen LogP contribution in [0, 0.1) is 0 Å². The lowest BCUT2D eigenvalue weighted by atomic mass is 10.3. The Labute approximate surface area is 109 Å². The predicted molar refractivity (Wildman–Crippen MR) is 66.7 cm³/mol. The van der Waals surface area contributed by atoms with Gasteiger partial charge in [0.2, 0.25) is 5.88 Å². The van der Waals surface area contributed by atoms with E-state index in [0.717, 1.165) is 30.5 Å². The molecule has 2 heterocycles. The third-order valence-electron chi connectivity index (χ3n) is 2.27. The summed E-state index contributed by atoms with van der Waals surface area (Å²) < 4.78 is 18.1. The third-order valence-corrected chi connectivity index (χ3v) is 2.73. The zero-order chi connectivity index (χ0) is 12.6. The molecule has 2 rings (SSSR count). The predicted octanol–water partition coefficient (Wildman–Crippen LogP) is 0.703. The van der Waals surface area contributed by atoms with E-state index in [2.05, 4.69) is 14.1 Å². The average Bonchev–Trinajstić information content (AvgIpc) is 3.04. The summed E-state index contributed by atoms with van der Waals surface area (Å²) in [6.07, 6.45) is 3.42. The monoisotopic (exact) mass is 269 g/mol. The highest BCUT2D eigenvalue weighted by molar-refractivity contribution is 6.99. The summed E-state index contributed by atoms with van der Waals surface area (Å²) in [4.78, 5) is 0. The Morgan fingerprint density at radius 2 is 2.50 bits per heavy atom. The summed E-state index contributed by atoms with van der Waals surface area (Å²) in [6, 6.07) is 3.79. The molecule has 0 spiro atoms. The molecule has 0 aromatic carbocycles. The summed E-state index contributed by atoms with van der Waals surface area (Å²) >= 11 is 1.08. The van der Waals surface area contributed by atoms with Crippen LogP contribution in [0.25, 0.3) is 0 Å². The zero-order valence-electron chi connectivity index (χ0n) is 9.78. The van der Waals surface area contributed by atoms with E-state index in [1.165, 1.54) is 6.20 Å². The first-order valence-electron chi connectivity index (χ1n) is 5.66. The molecule has 2 aromatic heterocycles. The Bertz CT molecular complexity index is 419. The first kappa shape index (κ1) is 13.0. The number of ether oxygens (including phenoxy) is 1. The van der Waals surface area contributed by atoms with Crippen LogP contribution in [0.2, 0.25) is 0 Å². The third kappa shape index (κ3) is 4.44. The van der Waals surface area contributed by atoms with E-state index >= 15 is 0 Å². The average molecular weight is 269 g/mol. The molecule has 18 heavy (non-hydrogen) atoms. The number of nitrogens with zero attached hydrogens (tertiary/aromatic N) is 2. The van der Waals surface area contributed by atoms with Crippen LogP contribution >= 0.6 is 11.7 Å². The molecule has 0 bridgehead atoms. The van der Waals surface area contributed by atoms with Crippen LogP contribution in [-0.4, -0.2) is 39.7 Å². The molecule has 0 fully saturated rings. The smallest absolute Gasteiger partial charge is 0.245 e. The van der Waals surface area contributed by atoms with Crippen molar-refractivity contribution in [1.82, 2.24) is 14.1 Å². The van der Waals surface area contributed by atoms with Crippen LogP contribution in [0.15, 0.2) is 29.0 Å². The number of hydrogen-bond acceptors (Lipinski definition) is 7. The van der Waals surface area contributed by atoms with Crippen molar-refractivity contribution in [2.45, 2.75) is 12.5 Å². The molecule has 0 radical (unpaired) electrons. The molecule has 0 saturated carbocycles. The molecule has 98 valence electrons. The molecular weight excluding hydrogens is 254 g/mol. The van der Waals surface area contributed by atoms with Gasteiger partial charge in [0.05, 0.1) is 18.0 Å². The maximum absolute atomic E-state index is 9.65. The molecule has 0 aliphatic heterocycles. The molecule has 1 unspecified atom stereocenters. The van der Waals surface area contributed by atoms with E-state index in [-0.39, 0.29) is 6.61 Å². The van der Waals surface area contributed by atoms with Gasteiger partial charge in [-0.1, -0.05) is 0 Å². The van der Waals surface area contributed by atoms with Gasteiger partial charge < -0.3 is 19.6 Å². The van der Waals surface area contributed by atoms with E-state index in [1.54, 1.807) is 6.26 Å². The summed E-state index contributed by atoms with van der Waals surface area (Å²) in [7, 11) is 0. The Morgan fingerprint density at radius 3 is 3.22 bits per heavy atom. The second kappa shape index (κ2) is 7.10. The lowest BCUT2D eigenvalue weighted by Crippen LogP contribution is -2.32. The van der Waals surface area contributed by atoms with Gasteiger partial charge in [0.15, 0.2) is 0 Å². The maximum Gasteiger partial charge on any atom is 0.245 e.